The fraction of sp³-hybridized carbons (Fsp3) is 0.533. The first-order valence-electron chi connectivity index (χ1n) is 6.01. The monoisotopic (exact) mass is 218 g/mol. The third-order valence-corrected chi connectivity index (χ3v) is 3.27. The first-order valence-corrected chi connectivity index (χ1v) is 6.01. The van der Waals surface area contributed by atoms with Crippen molar-refractivity contribution in [1.82, 2.24) is 0 Å². The topological polar surface area (TPSA) is 17.1 Å². The second-order valence-electron chi connectivity index (χ2n) is 4.92. The van der Waals surface area contributed by atoms with E-state index in [0.717, 1.165) is 18.4 Å². The van der Waals surface area contributed by atoms with E-state index in [4.69, 9.17) is 0 Å². The van der Waals surface area contributed by atoms with Crippen LogP contribution in [0, 0.1) is 11.8 Å². The SMILES string of the molecule is C=C(C)[C@@H]1C/C=C(/C)C/C=C\[C@@H](C)C(=O)C1. The summed E-state index contributed by atoms with van der Waals surface area (Å²) in [4.78, 5) is 11.9. The van der Waals surface area contributed by atoms with Gasteiger partial charge in [0.1, 0.15) is 5.78 Å². The molecule has 0 aromatic heterocycles. The number of Topliss-reactive ketones (excluding diaryl/α,β-unsaturated/α-hetero) is 1. The van der Waals surface area contributed by atoms with Gasteiger partial charge in [-0.15, -0.1) is 0 Å². The third kappa shape index (κ3) is 3.80. The molecule has 1 nitrogen and oxygen atoms in total. The van der Waals surface area contributed by atoms with Gasteiger partial charge < -0.3 is 0 Å². The van der Waals surface area contributed by atoms with Crippen LogP contribution in [0.25, 0.3) is 0 Å². The van der Waals surface area contributed by atoms with Crippen molar-refractivity contribution in [3.05, 3.63) is 36.0 Å². The van der Waals surface area contributed by atoms with E-state index in [1.165, 1.54) is 5.57 Å². The Balaban J connectivity index is 2.85. The molecule has 1 aliphatic carbocycles. The highest BCUT2D eigenvalue weighted by atomic mass is 16.1. The second-order valence-corrected chi connectivity index (χ2v) is 4.92. The minimum atomic E-state index is 0.0488. The third-order valence-electron chi connectivity index (χ3n) is 3.27. The van der Waals surface area contributed by atoms with Gasteiger partial charge in [-0.2, -0.15) is 0 Å². The van der Waals surface area contributed by atoms with Crippen LogP contribution in [-0.4, -0.2) is 5.78 Å². The number of allylic oxidation sites excluding steroid dienone is 5. The zero-order valence-electron chi connectivity index (χ0n) is 10.6. The van der Waals surface area contributed by atoms with E-state index in [2.05, 4.69) is 25.7 Å². The zero-order valence-corrected chi connectivity index (χ0v) is 10.6. The van der Waals surface area contributed by atoms with Gasteiger partial charge in [0.15, 0.2) is 0 Å². The van der Waals surface area contributed by atoms with E-state index in [9.17, 15) is 4.79 Å². The second kappa shape index (κ2) is 5.83. The van der Waals surface area contributed by atoms with Crippen LogP contribution in [0.2, 0.25) is 0 Å². The van der Waals surface area contributed by atoms with Gasteiger partial charge in [-0.1, -0.05) is 42.9 Å². The smallest absolute Gasteiger partial charge is 0.140 e. The molecule has 0 fully saturated rings. The van der Waals surface area contributed by atoms with Gasteiger partial charge in [0, 0.05) is 12.3 Å². The fourth-order valence-corrected chi connectivity index (χ4v) is 1.88. The molecule has 16 heavy (non-hydrogen) atoms. The van der Waals surface area contributed by atoms with Crippen molar-refractivity contribution in [2.24, 2.45) is 11.8 Å². The number of ketones is 1. The van der Waals surface area contributed by atoms with Gasteiger partial charge in [0.25, 0.3) is 0 Å². The van der Waals surface area contributed by atoms with Gasteiger partial charge in [0.05, 0.1) is 0 Å². The predicted octanol–water partition coefficient (Wildman–Crippen LogP) is 4.07. The Hall–Kier alpha value is -1.11. The molecule has 0 aliphatic heterocycles. The molecule has 1 heteroatoms. The summed E-state index contributed by atoms with van der Waals surface area (Å²) in [7, 11) is 0. The van der Waals surface area contributed by atoms with Crippen LogP contribution in [0.3, 0.4) is 0 Å². The lowest BCUT2D eigenvalue weighted by Crippen LogP contribution is -2.15. The molecule has 0 heterocycles. The molecular weight excluding hydrogens is 196 g/mol. The lowest BCUT2D eigenvalue weighted by molar-refractivity contribution is -0.121. The number of carbonyl (C=O) groups excluding carboxylic acids is 1. The highest BCUT2D eigenvalue weighted by Gasteiger charge is 2.17. The summed E-state index contributed by atoms with van der Waals surface area (Å²) >= 11 is 0. The molecule has 0 aromatic carbocycles. The molecule has 0 saturated heterocycles. The summed E-state index contributed by atoms with van der Waals surface area (Å²) < 4.78 is 0. The Labute approximate surface area is 98.9 Å². The first kappa shape index (κ1) is 13.0. The minimum absolute atomic E-state index is 0.0488. The van der Waals surface area contributed by atoms with Crippen LogP contribution >= 0.6 is 0 Å². The molecule has 1 aliphatic rings. The average Bonchev–Trinajstić information content (AvgIpc) is 2.22. The number of hydrogen-bond donors (Lipinski definition) is 0. The molecule has 0 N–H and O–H groups in total. The molecule has 0 saturated carbocycles. The lowest BCUT2D eigenvalue weighted by atomic mass is 9.87. The number of rotatable bonds is 1. The summed E-state index contributed by atoms with van der Waals surface area (Å²) in [5.74, 6) is 0.696. The Morgan fingerprint density at radius 3 is 2.81 bits per heavy atom. The summed E-state index contributed by atoms with van der Waals surface area (Å²) in [6, 6.07) is 0. The molecular formula is C15H22O. The molecule has 0 amide bonds. The maximum atomic E-state index is 11.9. The fourth-order valence-electron chi connectivity index (χ4n) is 1.88. The standard InChI is InChI=1S/C15H22O/c1-11(2)14-9-8-12(3)6-5-7-13(4)15(16)10-14/h5,7-8,13-14H,1,6,9-10H2,2-4H3/b7-5-,12-8-/t13-,14-/m1/s1. The Bertz CT molecular complexity index is 333. The Morgan fingerprint density at radius 2 is 2.19 bits per heavy atom. The summed E-state index contributed by atoms with van der Waals surface area (Å²) in [6.45, 7) is 10.1. The molecule has 0 spiro atoms. The van der Waals surface area contributed by atoms with Crippen LogP contribution in [0.1, 0.15) is 40.0 Å². The van der Waals surface area contributed by atoms with Crippen molar-refractivity contribution >= 4 is 5.78 Å². The van der Waals surface area contributed by atoms with Gasteiger partial charge in [-0.05, 0) is 32.6 Å². The lowest BCUT2D eigenvalue weighted by Gasteiger charge is -2.17. The molecule has 2 atom stereocenters. The first-order chi connectivity index (χ1) is 7.50. The quantitative estimate of drug-likeness (QED) is 0.606. The summed E-state index contributed by atoms with van der Waals surface area (Å²) in [6.07, 6.45) is 8.92. The van der Waals surface area contributed by atoms with E-state index in [1.807, 2.05) is 19.9 Å². The van der Waals surface area contributed by atoms with Crippen molar-refractivity contribution in [3.8, 4) is 0 Å². The van der Waals surface area contributed by atoms with Crippen molar-refractivity contribution in [3.63, 3.8) is 0 Å². The van der Waals surface area contributed by atoms with Gasteiger partial charge in [-0.3, -0.25) is 4.79 Å². The van der Waals surface area contributed by atoms with Gasteiger partial charge >= 0.3 is 0 Å². The van der Waals surface area contributed by atoms with Crippen LogP contribution < -0.4 is 0 Å². The maximum absolute atomic E-state index is 11.9. The largest absolute Gasteiger partial charge is 0.299 e. The maximum Gasteiger partial charge on any atom is 0.140 e. The van der Waals surface area contributed by atoms with Crippen molar-refractivity contribution in [2.75, 3.05) is 0 Å². The minimum Gasteiger partial charge on any atom is -0.299 e. The van der Waals surface area contributed by atoms with Crippen LogP contribution in [0.4, 0.5) is 0 Å². The molecule has 88 valence electrons. The normalized spacial score (nSPS) is 32.7. The summed E-state index contributed by atoms with van der Waals surface area (Å²) in [5.41, 5.74) is 2.50. The van der Waals surface area contributed by atoms with E-state index >= 15 is 0 Å². The van der Waals surface area contributed by atoms with E-state index in [-0.39, 0.29) is 5.92 Å². The van der Waals surface area contributed by atoms with E-state index in [0.29, 0.717) is 18.1 Å². The molecule has 0 bridgehead atoms. The Kier molecular flexibility index (Phi) is 4.72. The molecule has 0 radical (unpaired) electrons. The highest BCUT2D eigenvalue weighted by molar-refractivity contribution is 5.82. The van der Waals surface area contributed by atoms with Crippen molar-refractivity contribution in [2.45, 2.75) is 40.0 Å². The van der Waals surface area contributed by atoms with Gasteiger partial charge in [-0.25, -0.2) is 0 Å². The van der Waals surface area contributed by atoms with Crippen LogP contribution in [-0.2, 0) is 4.79 Å². The predicted molar refractivity (Wildman–Crippen MR) is 69.2 cm³/mol. The van der Waals surface area contributed by atoms with Gasteiger partial charge in [0.2, 0.25) is 0 Å². The molecule has 0 aromatic rings. The van der Waals surface area contributed by atoms with E-state index < -0.39 is 0 Å². The number of carbonyl (C=O) groups is 1. The van der Waals surface area contributed by atoms with Crippen molar-refractivity contribution < 1.29 is 4.79 Å². The van der Waals surface area contributed by atoms with E-state index in [1.54, 1.807) is 0 Å². The molecule has 1 rings (SSSR count). The molecule has 0 unspecified atom stereocenters. The summed E-state index contributed by atoms with van der Waals surface area (Å²) in [5, 5.41) is 0. The van der Waals surface area contributed by atoms with Crippen LogP contribution in [0.15, 0.2) is 36.0 Å². The highest BCUT2D eigenvalue weighted by Crippen LogP contribution is 2.23. The Morgan fingerprint density at radius 1 is 1.50 bits per heavy atom. The van der Waals surface area contributed by atoms with Crippen LogP contribution in [0.5, 0.6) is 0 Å². The number of hydrogen-bond acceptors (Lipinski definition) is 1. The average molecular weight is 218 g/mol. The van der Waals surface area contributed by atoms with Crippen molar-refractivity contribution in [1.29, 1.82) is 0 Å². The zero-order chi connectivity index (χ0) is 12.1.